The first-order valence-electron chi connectivity index (χ1n) is 6.55. The van der Waals surface area contributed by atoms with Gasteiger partial charge in [0.15, 0.2) is 0 Å². The number of aromatic nitrogens is 2. The lowest BCUT2D eigenvalue weighted by atomic mass is 10.1. The fourth-order valence-corrected chi connectivity index (χ4v) is 2.60. The van der Waals surface area contributed by atoms with E-state index in [4.69, 9.17) is 0 Å². The van der Waals surface area contributed by atoms with E-state index >= 15 is 0 Å². The van der Waals surface area contributed by atoms with E-state index in [1.54, 1.807) is 0 Å². The molecule has 1 N–H and O–H groups in total. The molecule has 0 saturated carbocycles. The minimum Gasteiger partial charge on any atom is -0.336 e. The highest BCUT2D eigenvalue weighted by Crippen LogP contribution is 2.17. The predicted molar refractivity (Wildman–Crippen MR) is 70.7 cm³/mol. The van der Waals surface area contributed by atoms with Crippen molar-refractivity contribution in [3.8, 4) is 0 Å². The lowest BCUT2D eigenvalue weighted by molar-refractivity contribution is 0.0540. The Kier molecular flexibility index (Phi) is 3.71. The van der Waals surface area contributed by atoms with E-state index in [1.807, 2.05) is 18.7 Å². The molecule has 1 saturated heterocycles. The highest BCUT2D eigenvalue weighted by atomic mass is 16.2. The van der Waals surface area contributed by atoms with Gasteiger partial charge in [-0.2, -0.15) is 5.10 Å². The summed E-state index contributed by atoms with van der Waals surface area (Å²) < 4.78 is 0. The normalized spacial score (nSPS) is 21.3. The second-order valence-corrected chi connectivity index (χ2v) is 5.10. The average Bonchev–Trinajstić information content (AvgIpc) is 2.69. The molecule has 0 spiro atoms. The molecule has 1 aliphatic heterocycles. The Hall–Kier alpha value is -1.36. The van der Waals surface area contributed by atoms with Crippen molar-refractivity contribution in [2.24, 2.45) is 0 Å². The van der Waals surface area contributed by atoms with Crippen molar-refractivity contribution in [2.45, 2.75) is 33.2 Å². The van der Waals surface area contributed by atoms with Gasteiger partial charge in [0.1, 0.15) is 0 Å². The van der Waals surface area contributed by atoms with E-state index in [1.165, 1.54) is 0 Å². The molecule has 1 aromatic rings. The number of aryl methyl sites for hydroxylation is 2. The molecule has 1 atom stereocenters. The van der Waals surface area contributed by atoms with Crippen molar-refractivity contribution in [1.29, 1.82) is 0 Å². The Morgan fingerprint density at radius 1 is 1.44 bits per heavy atom. The van der Waals surface area contributed by atoms with E-state index in [2.05, 4.69) is 29.1 Å². The maximum absolute atomic E-state index is 12.5. The van der Waals surface area contributed by atoms with Gasteiger partial charge in [-0.1, -0.05) is 6.92 Å². The van der Waals surface area contributed by atoms with E-state index in [9.17, 15) is 4.79 Å². The predicted octanol–water partition coefficient (Wildman–Crippen LogP) is 1.19. The average molecular weight is 250 g/mol. The third-order valence-corrected chi connectivity index (χ3v) is 3.88. The number of piperazine rings is 1. The van der Waals surface area contributed by atoms with Gasteiger partial charge in [-0.05, 0) is 27.3 Å². The molecule has 0 aliphatic carbocycles. The molecule has 2 heterocycles. The number of aromatic amines is 1. The number of H-pyrrole nitrogens is 1. The summed E-state index contributed by atoms with van der Waals surface area (Å²) in [6.45, 7) is 8.51. The Bertz CT molecular complexity index is 421. The van der Waals surface area contributed by atoms with Crippen molar-refractivity contribution >= 4 is 5.91 Å². The molecule has 100 valence electrons. The largest absolute Gasteiger partial charge is 0.336 e. The van der Waals surface area contributed by atoms with Gasteiger partial charge in [-0.25, -0.2) is 0 Å². The highest BCUT2D eigenvalue weighted by Gasteiger charge is 2.28. The van der Waals surface area contributed by atoms with Gasteiger partial charge >= 0.3 is 0 Å². The summed E-state index contributed by atoms with van der Waals surface area (Å²) >= 11 is 0. The van der Waals surface area contributed by atoms with E-state index in [-0.39, 0.29) is 5.91 Å². The van der Waals surface area contributed by atoms with Gasteiger partial charge in [-0.3, -0.25) is 14.8 Å². The quantitative estimate of drug-likeness (QED) is 0.858. The molecule has 1 amide bonds. The van der Waals surface area contributed by atoms with Gasteiger partial charge in [0, 0.05) is 31.4 Å². The number of carbonyl (C=O) groups is 1. The second kappa shape index (κ2) is 5.10. The minimum absolute atomic E-state index is 0.116. The summed E-state index contributed by atoms with van der Waals surface area (Å²) in [5.74, 6) is 0.116. The van der Waals surface area contributed by atoms with Crippen molar-refractivity contribution in [2.75, 3.05) is 26.7 Å². The molecule has 0 radical (unpaired) electrons. The smallest absolute Gasteiger partial charge is 0.257 e. The van der Waals surface area contributed by atoms with Crippen molar-refractivity contribution < 1.29 is 4.79 Å². The fourth-order valence-electron chi connectivity index (χ4n) is 2.60. The van der Waals surface area contributed by atoms with E-state index in [0.29, 0.717) is 6.04 Å². The molecule has 1 aliphatic rings. The van der Waals surface area contributed by atoms with Crippen LogP contribution in [0.25, 0.3) is 0 Å². The lowest BCUT2D eigenvalue weighted by Crippen LogP contribution is -2.53. The molecule has 5 nitrogen and oxygen atoms in total. The van der Waals surface area contributed by atoms with Crippen molar-refractivity contribution in [3.63, 3.8) is 0 Å². The maximum atomic E-state index is 12.5. The summed E-state index contributed by atoms with van der Waals surface area (Å²) in [6, 6.07) is 0.468. The summed E-state index contributed by atoms with van der Waals surface area (Å²) in [5.41, 5.74) is 2.41. The lowest BCUT2D eigenvalue weighted by Gasteiger charge is -2.39. The first kappa shape index (κ1) is 13.1. The zero-order chi connectivity index (χ0) is 13.3. The van der Waals surface area contributed by atoms with E-state index in [0.717, 1.165) is 43.0 Å². The van der Waals surface area contributed by atoms with Crippen LogP contribution in [-0.4, -0.2) is 58.6 Å². The number of rotatable bonds is 2. The van der Waals surface area contributed by atoms with Crippen LogP contribution < -0.4 is 0 Å². The maximum Gasteiger partial charge on any atom is 0.257 e. The zero-order valence-corrected chi connectivity index (χ0v) is 11.7. The molecule has 0 aromatic carbocycles. The fraction of sp³-hybridized carbons (Fsp3) is 0.692. The first-order valence-corrected chi connectivity index (χ1v) is 6.55. The van der Waals surface area contributed by atoms with E-state index < -0.39 is 0 Å². The highest BCUT2D eigenvalue weighted by molar-refractivity contribution is 5.96. The summed E-state index contributed by atoms with van der Waals surface area (Å²) in [7, 11) is 2.13. The van der Waals surface area contributed by atoms with Gasteiger partial charge < -0.3 is 4.90 Å². The Balaban J connectivity index is 2.15. The Morgan fingerprint density at radius 2 is 2.17 bits per heavy atom. The monoisotopic (exact) mass is 250 g/mol. The first-order chi connectivity index (χ1) is 8.54. The third kappa shape index (κ3) is 2.27. The van der Waals surface area contributed by atoms with Crippen LogP contribution in [0.2, 0.25) is 0 Å². The number of hydrogen-bond acceptors (Lipinski definition) is 3. The topological polar surface area (TPSA) is 52.2 Å². The summed E-state index contributed by atoms with van der Waals surface area (Å²) in [5, 5.41) is 6.99. The minimum atomic E-state index is 0.116. The van der Waals surface area contributed by atoms with Gasteiger partial charge in [0.2, 0.25) is 0 Å². The van der Waals surface area contributed by atoms with Crippen LogP contribution in [-0.2, 0) is 0 Å². The molecule has 1 fully saturated rings. The SMILES string of the molecule is CCC1CN(C(=O)c2c(C)n[nH]c2C)CCN1C. The molecule has 5 heteroatoms. The number of carbonyl (C=O) groups excluding carboxylic acids is 1. The number of amides is 1. The van der Waals surface area contributed by atoms with Crippen LogP contribution in [0.1, 0.15) is 35.1 Å². The standard InChI is InChI=1S/C13H22N4O/c1-5-11-8-17(7-6-16(11)4)13(18)12-9(2)14-15-10(12)3/h11H,5-8H2,1-4H3,(H,14,15). The van der Waals surface area contributed by atoms with Crippen LogP contribution in [0.5, 0.6) is 0 Å². The Morgan fingerprint density at radius 3 is 2.72 bits per heavy atom. The van der Waals surface area contributed by atoms with Crippen LogP contribution >= 0.6 is 0 Å². The molecule has 18 heavy (non-hydrogen) atoms. The molecular formula is C13H22N4O. The van der Waals surface area contributed by atoms with Gasteiger partial charge in [0.05, 0.1) is 11.3 Å². The van der Waals surface area contributed by atoms with Crippen LogP contribution in [0.3, 0.4) is 0 Å². The van der Waals surface area contributed by atoms with Gasteiger partial charge in [-0.15, -0.1) is 0 Å². The van der Waals surface area contributed by atoms with Gasteiger partial charge in [0.25, 0.3) is 5.91 Å². The number of hydrogen-bond donors (Lipinski definition) is 1. The zero-order valence-electron chi connectivity index (χ0n) is 11.7. The third-order valence-electron chi connectivity index (χ3n) is 3.88. The molecule has 1 aromatic heterocycles. The second-order valence-electron chi connectivity index (χ2n) is 5.10. The number of likely N-dealkylation sites (N-methyl/N-ethyl adjacent to an activating group) is 1. The number of nitrogens with one attached hydrogen (secondary N) is 1. The van der Waals surface area contributed by atoms with Crippen LogP contribution in [0, 0.1) is 13.8 Å². The molecule has 0 bridgehead atoms. The molecular weight excluding hydrogens is 228 g/mol. The Labute approximate surface area is 108 Å². The van der Waals surface area contributed by atoms with Crippen molar-refractivity contribution in [3.05, 3.63) is 17.0 Å². The van der Waals surface area contributed by atoms with Crippen molar-refractivity contribution in [1.82, 2.24) is 20.0 Å². The summed E-state index contributed by atoms with van der Waals surface area (Å²) in [4.78, 5) is 16.8. The molecule has 2 rings (SSSR count). The summed E-state index contributed by atoms with van der Waals surface area (Å²) in [6.07, 6.45) is 1.07. The molecule has 1 unspecified atom stereocenters. The van der Waals surface area contributed by atoms with Crippen LogP contribution in [0.4, 0.5) is 0 Å². The van der Waals surface area contributed by atoms with Crippen LogP contribution in [0.15, 0.2) is 0 Å². The number of nitrogens with zero attached hydrogens (tertiary/aromatic N) is 3.